The number of hydrogen-bond donors (Lipinski definition) is 2. The lowest BCUT2D eigenvalue weighted by Crippen LogP contribution is -2.03. The van der Waals surface area contributed by atoms with E-state index in [1.165, 1.54) is 6.21 Å². The van der Waals surface area contributed by atoms with Crippen LogP contribution in [0.2, 0.25) is 0 Å². The molecule has 0 heterocycles. The molecule has 27 heavy (non-hydrogen) atoms. The topological polar surface area (TPSA) is 88.4 Å². The number of ether oxygens (including phenoxy) is 1. The number of nitrogens with zero attached hydrogens (tertiary/aromatic N) is 1. The lowest BCUT2D eigenvalue weighted by Gasteiger charge is -2.15. The number of benzene rings is 2. The maximum atomic E-state index is 10.4. The standard InChI is InChI=1S/C19H19Br2NO5/c1-3-11(2)14-8-13(4-5-17(14)23)27-19-15(20)6-12(7-16(19)21)9-22-26-10-18(24)25/h4-9,11,23H,3,10H2,1-2H3,(H,24,25). The van der Waals surface area contributed by atoms with Gasteiger partial charge in [0.2, 0.25) is 6.61 Å². The number of aliphatic carboxylic acids is 1. The van der Waals surface area contributed by atoms with E-state index in [9.17, 15) is 9.90 Å². The first-order chi connectivity index (χ1) is 12.8. The second-order valence-electron chi connectivity index (χ2n) is 5.85. The summed E-state index contributed by atoms with van der Waals surface area (Å²) in [6.45, 7) is 3.61. The molecule has 0 aliphatic heterocycles. The summed E-state index contributed by atoms with van der Waals surface area (Å²) in [6.07, 6.45) is 2.31. The predicted octanol–water partition coefficient (Wildman–Crippen LogP) is 5.66. The van der Waals surface area contributed by atoms with Gasteiger partial charge in [-0.2, -0.15) is 0 Å². The Balaban J connectivity index is 2.21. The fourth-order valence-electron chi connectivity index (χ4n) is 2.27. The van der Waals surface area contributed by atoms with Gasteiger partial charge in [0, 0.05) is 5.56 Å². The SMILES string of the molecule is CCC(C)c1cc(Oc2c(Br)cc(C=NOCC(=O)O)cc2Br)ccc1O. The normalized spacial score (nSPS) is 12.1. The van der Waals surface area contributed by atoms with Gasteiger partial charge in [-0.15, -0.1) is 0 Å². The quantitative estimate of drug-likeness (QED) is 0.360. The van der Waals surface area contributed by atoms with Gasteiger partial charge in [-0.05, 0) is 80.1 Å². The van der Waals surface area contributed by atoms with Crippen LogP contribution in [0.5, 0.6) is 17.2 Å². The van der Waals surface area contributed by atoms with Crippen LogP contribution in [0.3, 0.4) is 0 Å². The number of halogens is 2. The summed E-state index contributed by atoms with van der Waals surface area (Å²) < 4.78 is 7.34. The van der Waals surface area contributed by atoms with Crippen LogP contribution in [0.4, 0.5) is 0 Å². The number of aromatic hydroxyl groups is 1. The van der Waals surface area contributed by atoms with E-state index in [0.717, 1.165) is 12.0 Å². The van der Waals surface area contributed by atoms with E-state index >= 15 is 0 Å². The van der Waals surface area contributed by atoms with Crippen LogP contribution in [-0.4, -0.2) is 29.0 Å². The third kappa shape index (κ3) is 5.97. The van der Waals surface area contributed by atoms with Crippen molar-refractivity contribution in [3.05, 3.63) is 50.4 Å². The molecule has 0 amide bonds. The molecule has 0 aliphatic carbocycles. The molecule has 2 N–H and O–H groups in total. The fraction of sp³-hybridized carbons (Fsp3) is 0.263. The van der Waals surface area contributed by atoms with Gasteiger partial charge in [-0.3, -0.25) is 0 Å². The van der Waals surface area contributed by atoms with E-state index in [0.29, 0.717) is 26.0 Å². The Morgan fingerprint density at radius 3 is 2.52 bits per heavy atom. The van der Waals surface area contributed by atoms with Crippen LogP contribution >= 0.6 is 31.9 Å². The lowest BCUT2D eigenvalue weighted by molar-refractivity contribution is -0.142. The molecule has 0 fully saturated rings. The number of rotatable bonds is 8. The number of carbonyl (C=O) groups is 1. The molecule has 144 valence electrons. The Morgan fingerprint density at radius 2 is 1.93 bits per heavy atom. The van der Waals surface area contributed by atoms with Gasteiger partial charge in [-0.1, -0.05) is 19.0 Å². The van der Waals surface area contributed by atoms with Crippen LogP contribution in [0.1, 0.15) is 37.3 Å². The first kappa shape index (κ1) is 21.2. The van der Waals surface area contributed by atoms with E-state index in [-0.39, 0.29) is 11.7 Å². The van der Waals surface area contributed by atoms with Gasteiger partial charge in [0.15, 0.2) is 5.75 Å². The van der Waals surface area contributed by atoms with Crippen molar-refractivity contribution in [3.8, 4) is 17.2 Å². The molecule has 0 aromatic heterocycles. The third-order valence-electron chi connectivity index (χ3n) is 3.85. The van der Waals surface area contributed by atoms with Gasteiger partial charge in [0.05, 0.1) is 15.2 Å². The Bertz CT molecular complexity index is 831. The zero-order valence-corrected chi connectivity index (χ0v) is 17.9. The molecule has 2 aromatic carbocycles. The van der Waals surface area contributed by atoms with Crippen LogP contribution in [0, 0.1) is 0 Å². The second kappa shape index (κ2) is 9.75. The zero-order chi connectivity index (χ0) is 20.0. The molecular formula is C19H19Br2NO5. The van der Waals surface area contributed by atoms with Crippen molar-refractivity contribution >= 4 is 44.0 Å². The molecule has 8 heteroatoms. The summed E-state index contributed by atoms with van der Waals surface area (Å²) in [4.78, 5) is 15.0. The Labute approximate surface area is 174 Å². The van der Waals surface area contributed by atoms with Crippen LogP contribution < -0.4 is 4.74 Å². The number of carboxylic acid groups (broad SMARTS) is 1. The van der Waals surface area contributed by atoms with Crippen molar-refractivity contribution in [2.45, 2.75) is 26.2 Å². The smallest absolute Gasteiger partial charge is 0.344 e. The van der Waals surface area contributed by atoms with Gasteiger partial charge in [0.1, 0.15) is 11.5 Å². The maximum Gasteiger partial charge on any atom is 0.344 e. The summed E-state index contributed by atoms with van der Waals surface area (Å²) in [5.74, 6) is 0.548. The van der Waals surface area contributed by atoms with E-state index < -0.39 is 12.6 Å². The molecule has 0 saturated carbocycles. The van der Waals surface area contributed by atoms with Crippen LogP contribution in [0.15, 0.2) is 44.4 Å². The van der Waals surface area contributed by atoms with Crippen molar-refractivity contribution in [2.75, 3.05) is 6.61 Å². The van der Waals surface area contributed by atoms with Crippen LogP contribution in [0.25, 0.3) is 0 Å². The summed E-state index contributed by atoms with van der Waals surface area (Å²) >= 11 is 6.92. The minimum atomic E-state index is -1.09. The average Bonchev–Trinajstić information content (AvgIpc) is 2.62. The lowest BCUT2D eigenvalue weighted by atomic mass is 9.97. The van der Waals surface area contributed by atoms with Crippen LogP contribution in [-0.2, 0) is 9.63 Å². The molecule has 1 unspecified atom stereocenters. The molecule has 0 saturated heterocycles. The molecule has 0 spiro atoms. The van der Waals surface area contributed by atoms with E-state index in [4.69, 9.17) is 9.84 Å². The van der Waals surface area contributed by atoms with Gasteiger partial charge >= 0.3 is 5.97 Å². The monoisotopic (exact) mass is 499 g/mol. The molecule has 0 aliphatic rings. The number of phenolic OH excluding ortho intramolecular Hbond substituents is 1. The Morgan fingerprint density at radius 1 is 1.26 bits per heavy atom. The molecule has 0 bridgehead atoms. The molecule has 1 atom stereocenters. The molecule has 6 nitrogen and oxygen atoms in total. The highest BCUT2D eigenvalue weighted by Gasteiger charge is 2.13. The van der Waals surface area contributed by atoms with Crippen molar-refractivity contribution in [2.24, 2.45) is 5.16 Å². The highest BCUT2D eigenvalue weighted by atomic mass is 79.9. The second-order valence-corrected chi connectivity index (χ2v) is 7.56. The van der Waals surface area contributed by atoms with Gasteiger partial charge < -0.3 is 19.8 Å². The summed E-state index contributed by atoms with van der Waals surface area (Å²) in [5.41, 5.74) is 1.53. The first-order valence-corrected chi connectivity index (χ1v) is 9.77. The summed E-state index contributed by atoms with van der Waals surface area (Å²) in [6, 6.07) is 8.69. The molecule has 2 aromatic rings. The Hall–Kier alpha value is -2.06. The molecule has 0 radical (unpaired) electrons. The minimum Gasteiger partial charge on any atom is -0.508 e. The number of carboxylic acids is 1. The third-order valence-corrected chi connectivity index (χ3v) is 5.03. The maximum absolute atomic E-state index is 10.4. The largest absolute Gasteiger partial charge is 0.508 e. The summed E-state index contributed by atoms with van der Waals surface area (Å²) in [5, 5.41) is 22.2. The first-order valence-electron chi connectivity index (χ1n) is 8.18. The predicted molar refractivity (Wildman–Crippen MR) is 110 cm³/mol. The number of oxime groups is 1. The van der Waals surface area contributed by atoms with E-state index in [1.807, 2.05) is 13.0 Å². The minimum absolute atomic E-state index is 0.213. The number of phenols is 1. The van der Waals surface area contributed by atoms with E-state index in [2.05, 4.69) is 48.8 Å². The van der Waals surface area contributed by atoms with Crippen molar-refractivity contribution in [1.82, 2.24) is 0 Å². The number of hydrogen-bond acceptors (Lipinski definition) is 5. The highest BCUT2D eigenvalue weighted by Crippen LogP contribution is 2.39. The average molecular weight is 501 g/mol. The molecular weight excluding hydrogens is 482 g/mol. The van der Waals surface area contributed by atoms with Gasteiger partial charge in [0.25, 0.3) is 0 Å². The van der Waals surface area contributed by atoms with E-state index in [1.54, 1.807) is 24.3 Å². The van der Waals surface area contributed by atoms with Crippen molar-refractivity contribution in [3.63, 3.8) is 0 Å². The highest BCUT2D eigenvalue weighted by molar-refractivity contribution is 9.11. The summed E-state index contributed by atoms with van der Waals surface area (Å²) in [7, 11) is 0. The molecule has 2 rings (SSSR count). The fourth-order valence-corrected chi connectivity index (χ4v) is 3.65. The van der Waals surface area contributed by atoms with Crippen molar-refractivity contribution < 1.29 is 24.6 Å². The Kier molecular flexibility index (Phi) is 7.67. The zero-order valence-electron chi connectivity index (χ0n) is 14.8. The van der Waals surface area contributed by atoms with Crippen molar-refractivity contribution in [1.29, 1.82) is 0 Å². The van der Waals surface area contributed by atoms with Gasteiger partial charge in [-0.25, -0.2) is 4.79 Å².